The van der Waals surface area contributed by atoms with Crippen LogP contribution in [0.15, 0.2) is 34.9 Å². The Labute approximate surface area is 134 Å². The standard InChI is InChI=1S/C16H18ClN3O2/c1-11(17)16(21)20-9-5-8-13(10-20)15-18-14(19-22-15)12-6-3-2-4-7-12/h2-4,6-7,11,13H,5,8-10H2,1H3/t11-,13+/m0/s1. The molecule has 1 amide bonds. The molecular weight excluding hydrogens is 302 g/mol. The normalized spacial score (nSPS) is 19.9. The van der Waals surface area contributed by atoms with Crippen molar-refractivity contribution in [2.24, 2.45) is 0 Å². The van der Waals surface area contributed by atoms with Gasteiger partial charge in [-0.3, -0.25) is 4.79 Å². The van der Waals surface area contributed by atoms with E-state index < -0.39 is 5.38 Å². The number of hydrogen-bond donors (Lipinski definition) is 0. The van der Waals surface area contributed by atoms with Crippen LogP contribution in [-0.2, 0) is 4.79 Å². The molecule has 1 aromatic carbocycles. The first-order valence-corrected chi connectivity index (χ1v) is 7.90. The van der Waals surface area contributed by atoms with Crippen LogP contribution in [0.5, 0.6) is 0 Å². The molecule has 0 spiro atoms. The fourth-order valence-corrected chi connectivity index (χ4v) is 2.87. The highest BCUT2D eigenvalue weighted by Gasteiger charge is 2.30. The van der Waals surface area contributed by atoms with Gasteiger partial charge >= 0.3 is 0 Å². The van der Waals surface area contributed by atoms with E-state index in [9.17, 15) is 4.79 Å². The molecule has 2 heterocycles. The number of rotatable bonds is 3. The Morgan fingerprint density at radius 2 is 2.18 bits per heavy atom. The van der Waals surface area contributed by atoms with Gasteiger partial charge in [0.1, 0.15) is 5.38 Å². The van der Waals surface area contributed by atoms with Crippen LogP contribution in [0, 0.1) is 0 Å². The topological polar surface area (TPSA) is 59.2 Å². The molecule has 1 saturated heterocycles. The Balaban J connectivity index is 1.74. The summed E-state index contributed by atoms with van der Waals surface area (Å²) in [4.78, 5) is 18.3. The second-order valence-electron chi connectivity index (χ2n) is 5.56. The quantitative estimate of drug-likeness (QED) is 0.816. The third-order valence-electron chi connectivity index (χ3n) is 3.90. The second kappa shape index (κ2) is 6.48. The molecule has 3 rings (SSSR count). The smallest absolute Gasteiger partial charge is 0.240 e. The molecule has 6 heteroatoms. The number of amides is 1. The van der Waals surface area contributed by atoms with Crippen molar-refractivity contribution in [2.45, 2.75) is 31.1 Å². The van der Waals surface area contributed by atoms with Crippen LogP contribution in [0.3, 0.4) is 0 Å². The van der Waals surface area contributed by atoms with E-state index in [1.165, 1.54) is 0 Å². The second-order valence-corrected chi connectivity index (χ2v) is 6.22. The molecule has 1 aromatic heterocycles. The van der Waals surface area contributed by atoms with Crippen LogP contribution in [0.4, 0.5) is 0 Å². The van der Waals surface area contributed by atoms with Gasteiger partial charge in [0.25, 0.3) is 0 Å². The van der Waals surface area contributed by atoms with Crippen molar-refractivity contribution in [2.75, 3.05) is 13.1 Å². The van der Waals surface area contributed by atoms with E-state index in [1.54, 1.807) is 11.8 Å². The lowest BCUT2D eigenvalue weighted by Gasteiger charge is -2.31. The minimum absolute atomic E-state index is 0.0332. The van der Waals surface area contributed by atoms with Crippen molar-refractivity contribution in [1.82, 2.24) is 15.0 Å². The molecule has 2 atom stereocenters. The summed E-state index contributed by atoms with van der Waals surface area (Å²) in [6.45, 7) is 3.03. The maximum atomic E-state index is 12.0. The average Bonchev–Trinajstić information content (AvgIpc) is 3.05. The first-order valence-electron chi connectivity index (χ1n) is 7.47. The summed E-state index contributed by atoms with van der Waals surface area (Å²) in [5.41, 5.74) is 0.927. The summed E-state index contributed by atoms with van der Waals surface area (Å²) in [5, 5.41) is 3.55. The van der Waals surface area contributed by atoms with Crippen LogP contribution in [-0.4, -0.2) is 39.4 Å². The largest absolute Gasteiger partial charge is 0.341 e. The first-order chi connectivity index (χ1) is 10.6. The number of likely N-dealkylation sites (tertiary alicyclic amines) is 1. The highest BCUT2D eigenvalue weighted by molar-refractivity contribution is 6.30. The monoisotopic (exact) mass is 319 g/mol. The molecule has 0 N–H and O–H groups in total. The minimum atomic E-state index is -0.499. The van der Waals surface area contributed by atoms with Crippen molar-refractivity contribution in [1.29, 1.82) is 0 Å². The van der Waals surface area contributed by atoms with Gasteiger partial charge in [-0.05, 0) is 19.8 Å². The van der Waals surface area contributed by atoms with Crippen LogP contribution >= 0.6 is 11.6 Å². The van der Waals surface area contributed by atoms with Crippen molar-refractivity contribution in [3.8, 4) is 11.4 Å². The van der Waals surface area contributed by atoms with Crippen molar-refractivity contribution < 1.29 is 9.32 Å². The lowest BCUT2D eigenvalue weighted by molar-refractivity contribution is -0.131. The molecule has 2 aromatic rings. The van der Waals surface area contributed by atoms with Gasteiger partial charge in [0.2, 0.25) is 17.6 Å². The van der Waals surface area contributed by atoms with Crippen LogP contribution in [0.25, 0.3) is 11.4 Å². The fraction of sp³-hybridized carbons (Fsp3) is 0.438. The summed E-state index contributed by atoms with van der Waals surface area (Å²) < 4.78 is 5.42. The first kappa shape index (κ1) is 15.0. The van der Waals surface area contributed by atoms with E-state index in [0.29, 0.717) is 18.3 Å². The predicted molar refractivity (Wildman–Crippen MR) is 83.6 cm³/mol. The maximum absolute atomic E-state index is 12.0. The highest BCUT2D eigenvalue weighted by Crippen LogP contribution is 2.28. The molecule has 0 radical (unpaired) electrons. The Bertz CT molecular complexity index is 642. The number of alkyl halides is 1. The van der Waals surface area contributed by atoms with Crippen LogP contribution in [0.1, 0.15) is 31.6 Å². The zero-order valence-electron chi connectivity index (χ0n) is 12.4. The van der Waals surface area contributed by atoms with Gasteiger partial charge < -0.3 is 9.42 Å². The van der Waals surface area contributed by atoms with Gasteiger partial charge in [-0.2, -0.15) is 4.98 Å². The number of aromatic nitrogens is 2. The van der Waals surface area contributed by atoms with Crippen molar-refractivity contribution >= 4 is 17.5 Å². The molecule has 0 bridgehead atoms. The number of halogens is 1. The molecule has 116 valence electrons. The molecule has 22 heavy (non-hydrogen) atoms. The van der Waals surface area contributed by atoms with Crippen LogP contribution in [0.2, 0.25) is 0 Å². The molecule has 0 saturated carbocycles. The molecule has 0 unspecified atom stereocenters. The van der Waals surface area contributed by atoms with E-state index in [-0.39, 0.29) is 11.8 Å². The van der Waals surface area contributed by atoms with E-state index in [1.807, 2.05) is 30.3 Å². The summed E-state index contributed by atoms with van der Waals surface area (Å²) in [5.74, 6) is 1.23. The number of carbonyl (C=O) groups is 1. The highest BCUT2D eigenvalue weighted by atomic mass is 35.5. The zero-order valence-corrected chi connectivity index (χ0v) is 13.2. The lowest BCUT2D eigenvalue weighted by Crippen LogP contribution is -2.42. The summed E-state index contributed by atoms with van der Waals surface area (Å²) >= 11 is 5.90. The molecule has 1 fully saturated rings. The van der Waals surface area contributed by atoms with Gasteiger partial charge in [0.05, 0.1) is 5.92 Å². The molecular formula is C16H18ClN3O2. The number of piperidine rings is 1. The van der Waals surface area contributed by atoms with E-state index in [2.05, 4.69) is 10.1 Å². The number of benzene rings is 1. The fourth-order valence-electron chi connectivity index (χ4n) is 2.74. The summed E-state index contributed by atoms with van der Waals surface area (Å²) in [7, 11) is 0. The Hall–Kier alpha value is -1.88. The lowest BCUT2D eigenvalue weighted by atomic mass is 9.97. The molecule has 1 aliphatic rings. The summed E-state index contributed by atoms with van der Waals surface area (Å²) in [6, 6.07) is 9.71. The molecule has 5 nitrogen and oxygen atoms in total. The average molecular weight is 320 g/mol. The Morgan fingerprint density at radius 3 is 2.91 bits per heavy atom. The SMILES string of the molecule is C[C@H](Cl)C(=O)N1CCC[C@@H](c2nc(-c3ccccc3)no2)C1. The van der Waals surface area contributed by atoms with Crippen molar-refractivity contribution in [3.63, 3.8) is 0 Å². The third-order valence-corrected chi connectivity index (χ3v) is 4.08. The number of nitrogens with zero attached hydrogens (tertiary/aromatic N) is 3. The van der Waals surface area contributed by atoms with Gasteiger partial charge in [-0.25, -0.2) is 0 Å². The van der Waals surface area contributed by atoms with Gasteiger partial charge in [-0.1, -0.05) is 35.5 Å². The van der Waals surface area contributed by atoms with Gasteiger partial charge in [0, 0.05) is 18.7 Å². The minimum Gasteiger partial charge on any atom is -0.341 e. The maximum Gasteiger partial charge on any atom is 0.240 e. The number of carbonyl (C=O) groups excluding carboxylic acids is 1. The van der Waals surface area contributed by atoms with Crippen molar-refractivity contribution in [3.05, 3.63) is 36.2 Å². The Kier molecular flexibility index (Phi) is 4.43. The summed E-state index contributed by atoms with van der Waals surface area (Å²) in [6.07, 6.45) is 1.86. The van der Waals surface area contributed by atoms with Gasteiger partial charge in [0.15, 0.2) is 0 Å². The predicted octanol–water partition coefficient (Wildman–Crippen LogP) is 3.07. The van der Waals surface area contributed by atoms with Gasteiger partial charge in [-0.15, -0.1) is 11.6 Å². The van der Waals surface area contributed by atoms with E-state index in [4.69, 9.17) is 16.1 Å². The van der Waals surface area contributed by atoms with Crippen LogP contribution < -0.4 is 0 Å². The Morgan fingerprint density at radius 1 is 1.41 bits per heavy atom. The van der Waals surface area contributed by atoms with E-state index >= 15 is 0 Å². The molecule has 1 aliphatic heterocycles. The third kappa shape index (κ3) is 3.14. The zero-order chi connectivity index (χ0) is 15.5. The number of hydrogen-bond acceptors (Lipinski definition) is 4. The van der Waals surface area contributed by atoms with E-state index in [0.717, 1.165) is 24.9 Å². The molecule has 0 aliphatic carbocycles.